The first-order chi connectivity index (χ1) is 5.47. The van der Waals surface area contributed by atoms with Crippen LogP contribution in [-0.2, 0) is 26.3 Å². The first kappa shape index (κ1) is 12.4. The van der Waals surface area contributed by atoms with Crippen LogP contribution in [0.2, 0.25) is 0 Å². The average Bonchev–Trinajstić information content (AvgIpc) is 2.55. The van der Waals surface area contributed by atoms with Crippen molar-refractivity contribution in [1.29, 1.82) is 0 Å². The van der Waals surface area contributed by atoms with Crippen LogP contribution in [0.4, 0.5) is 0 Å². The molecular weight excluding hydrogens is 335 g/mol. The number of fused-ring (bicyclic) bond motifs is 1. The second-order valence-corrected chi connectivity index (χ2v) is 2.01. The molecule has 0 radical (unpaired) electrons. The maximum absolute atomic E-state index is 4.16. The molecule has 0 aromatic carbocycles. The molecule has 0 spiro atoms. The van der Waals surface area contributed by atoms with Gasteiger partial charge >= 0.3 is 33.1 Å². The monoisotopic (exact) mass is 341 g/mol. The SMILES string of the molecule is C1=CC2=NC=NC2C=C1.[Cu+][I].[SH-]. The zero-order chi connectivity index (χ0) is 8.10. The maximum atomic E-state index is 4.16. The van der Waals surface area contributed by atoms with E-state index in [1.807, 2.05) is 24.3 Å². The molecule has 0 aromatic rings. The average molecular weight is 342 g/mol. The fraction of sp³-hybridized carbons (Fsp3) is 0.143. The van der Waals surface area contributed by atoms with E-state index in [-0.39, 0.29) is 19.5 Å². The Labute approximate surface area is 98.3 Å². The standard InChI is InChI=1S/C7H6N2.Cu.HI.H2S/c1-2-4-7-6(3-1)8-5-9-7;;;/h1-6H;;1H;1H2/q;+2;;/p-2. The Bertz CT molecular complexity index is 248. The fourth-order valence-electron chi connectivity index (χ4n) is 0.938. The van der Waals surface area contributed by atoms with Crippen LogP contribution in [0.15, 0.2) is 34.3 Å². The molecule has 1 atom stereocenters. The van der Waals surface area contributed by atoms with Gasteiger partial charge in [-0.15, -0.1) is 0 Å². The molecule has 1 unspecified atom stereocenters. The number of rotatable bonds is 0. The second-order valence-electron chi connectivity index (χ2n) is 2.01. The Balaban J connectivity index is 0.000000378. The van der Waals surface area contributed by atoms with Gasteiger partial charge < -0.3 is 13.5 Å². The smallest absolute Gasteiger partial charge is 0.813 e. The predicted molar refractivity (Wildman–Crippen MR) is 60.8 cm³/mol. The molecule has 69 valence electrons. The Morgan fingerprint density at radius 1 is 1.33 bits per heavy atom. The van der Waals surface area contributed by atoms with E-state index in [2.05, 4.69) is 22.7 Å². The molecule has 0 amide bonds. The largest absolute Gasteiger partial charge is 0.813 e. The Kier molecular flexibility index (Phi) is 7.13. The van der Waals surface area contributed by atoms with Crippen molar-refractivity contribution in [2.75, 3.05) is 0 Å². The predicted octanol–water partition coefficient (Wildman–Crippen LogP) is 1.58. The van der Waals surface area contributed by atoms with Crippen LogP contribution >= 0.6 is 20.3 Å². The summed E-state index contributed by atoms with van der Waals surface area (Å²) < 4.78 is 0. The van der Waals surface area contributed by atoms with Gasteiger partial charge in [0, 0.05) is 0 Å². The Morgan fingerprint density at radius 3 is 2.75 bits per heavy atom. The van der Waals surface area contributed by atoms with Gasteiger partial charge in [-0.1, -0.05) is 18.2 Å². The quantitative estimate of drug-likeness (QED) is 0.284. The van der Waals surface area contributed by atoms with Crippen LogP contribution in [0.1, 0.15) is 0 Å². The third kappa shape index (κ3) is 3.05. The van der Waals surface area contributed by atoms with Crippen LogP contribution in [0.5, 0.6) is 0 Å². The number of hydrogen-bond acceptors (Lipinski definition) is 3. The normalized spacial score (nSPS) is 21.9. The summed E-state index contributed by atoms with van der Waals surface area (Å²) in [6, 6.07) is 0.218. The van der Waals surface area contributed by atoms with Crippen molar-refractivity contribution < 1.29 is 12.8 Å². The summed E-state index contributed by atoms with van der Waals surface area (Å²) in [6.07, 6.45) is 9.59. The molecule has 0 N–H and O–H groups in total. The maximum Gasteiger partial charge on any atom is -0.813 e. The van der Waals surface area contributed by atoms with Crippen molar-refractivity contribution in [3.05, 3.63) is 24.3 Å². The zero-order valence-electron chi connectivity index (χ0n) is 5.99. The van der Waals surface area contributed by atoms with Crippen molar-refractivity contribution in [2.45, 2.75) is 6.04 Å². The molecular formula is C7H7CuIN2S. The topological polar surface area (TPSA) is 24.7 Å². The van der Waals surface area contributed by atoms with E-state index in [9.17, 15) is 0 Å². The van der Waals surface area contributed by atoms with Crippen molar-refractivity contribution in [1.82, 2.24) is 0 Å². The van der Waals surface area contributed by atoms with Gasteiger partial charge in [0.05, 0.1) is 5.71 Å². The van der Waals surface area contributed by atoms with E-state index < -0.39 is 0 Å². The van der Waals surface area contributed by atoms with E-state index >= 15 is 0 Å². The number of nitrogens with zero attached hydrogens (tertiary/aromatic N) is 2. The van der Waals surface area contributed by atoms with Gasteiger partial charge in [-0.3, -0.25) is 4.99 Å². The van der Waals surface area contributed by atoms with Crippen molar-refractivity contribution in [3.8, 4) is 0 Å². The van der Waals surface area contributed by atoms with Crippen LogP contribution in [0.25, 0.3) is 0 Å². The summed E-state index contributed by atoms with van der Waals surface area (Å²) in [5, 5.41) is 0. The molecule has 1 heterocycles. The first-order valence-electron chi connectivity index (χ1n) is 3.02. The molecule has 12 heavy (non-hydrogen) atoms. The van der Waals surface area contributed by atoms with E-state index in [1.165, 1.54) is 0 Å². The molecule has 0 saturated heterocycles. The van der Waals surface area contributed by atoms with Crippen LogP contribution < -0.4 is 0 Å². The summed E-state index contributed by atoms with van der Waals surface area (Å²) in [5.41, 5.74) is 1.05. The number of aliphatic imine (C=N–C) groups is 2. The number of hydrogen-bond donors (Lipinski definition) is 0. The van der Waals surface area contributed by atoms with E-state index in [0.29, 0.717) is 0 Å². The van der Waals surface area contributed by atoms with Crippen molar-refractivity contribution in [3.63, 3.8) is 0 Å². The third-order valence-corrected chi connectivity index (χ3v) is 1.41. The summed E-state index contributed by atoms with van der Waals surface area (Å²) >= 11 is 5.87. The summed E-state index contributed by atoms with van der Waals surface area (Å²) in [5.74, 6) is 0. The molecule has 0 aromatic heterocycles. The van der Waals surface area contributed by atoms with Gasteiger partial charge in [0.15, 0.2) is 0 Å². The molecule has 2 nitrogen and oxygen atoms in total. The summed E-state index contributed by atoms with van der Waals surface area (Å²) in [6.45, 7) is 0. The van der Waals surface area contributed by atoms with E-state index in [4.69, 9.17) is 0 Å². The fourth-order valence-corrected chi connectivity index (χ4v) is 0.938. The molecule has 0 saturated carbocycles. The molecule has 2 rings (SSSR count). The van der Waals surface area contributed by atoms with E-state index in [1.54, 1.807) is 26.7 Å². The minimum atomic E-state index is 0. The molecule has 0 bridgehead atoms. The number of allylic oxidation sites excluding steroid dienone is 2. The van der Waals surface area contributed by atoms with Crippen LogP contribution in [-0.4, -0.2) is 18.1 Å². The Hall–Kier alpha value is 0.419. The Morgan fingerprint density at radius 2 is 2.08 bits per heavy atom. The zero-order valence-corrected chi connectivity index (χ0v) is 9.98. The second kappa shape index (κ2) is 6.88. The van der Waals surface area contributed by atoms with Gasteiger partial charge in [0.25, 0.3) is 0 Å². The van der Waals surface area contributed by atoms with Gasteiger partial charge in [0.2, 0.25) is 0 Å². The van der Waals surface area contributed by atoms with Gasteiger partial charge in [-0.2, -0.15) is 0 Å². The number of thiol groups is 1. The van der Waals surface area contributed by atoms with Gasteiger partial charge in [-0.25, -0.2) is 4.99 Å². The summed E-state index contributed by atoms with van der Waals surface area (Å²) in [4.78, 5) is 8.14. The van der Waals surface area contributed by atoms with Gasteiger partial charge in [0.1, 0.15) is 12.4 Å². The molecule has 1 aliphatic heterocycles. The minimum Gasteiger partial charge on any atom is -0.813 e. The molecule has 0 fully saturated rings. The van der Waals surface area contributed by atoms with E-state index in [0.717, 1.165) is 5.71 Å². The molecule has 1 aliphatic carbocycles. The van der Waals surface area contributed by atoms with Crippen LogP contribution in [0, 0.1) is 0 Å². The third-order valence-electron chi connectivity index (χ3n) is 1.41. The minimum absolute atomic E-state index is 0. The number of halogens is 1. The van der Waals surface area contributed by atoms with Crippen molar-refractivity contribution in [2.24, 2.45) is 9.98 Å². The summed E-state index contributed by atoms with van der Waals surface area (Å²) in [7, 11) is 0. The van der Waals surface area contributed by atoms with Crippen molar-refractivity contribution >= 4 is 45.9 Å². The molecule has 2 aliphatic rings. The van der Waals surface area contributed by atoms with Crippen LogP contribution in [0.3, 0.4) is 0 Å². The molecule has 5 heteroatoms. The first-order valence-corrected chi connectivity index (χ1v) is 6.06. The van der Waals surface area contributed by atoms with Gasteiger partial charge in [-0.05, 0) is 6.08 Å².